The number of amides is 1. The number of hydrogen-bond donors (Lipinski definition) is 1. The molecule has 0 radical (unpaired) electrons. The van der Waals surface area contributed by atoms with Crippen LogP contribution in [0.3, 0.4) is 0 Å². The molecule has 1 aromatic heterocycles. The molecule has 0 aliphatic carbocycles. The maximum absolute atomic E-state index is 12.2. The lowest BCUT2D eigenvalue weighted by Gasteiger charge is -2.31. The second-order valence-corrected chi connectivity index (χ2v) is 6.85. The van der Waals surface area contributed by atoms with Crippen molar-refractivity contribution in [1.29, 1.82) is 0 Å². The third-order valence-corrected chi connectivity index (χ3v) is 4.65. The highest BCUT2D eigenvalue weighted by atomic mass is 35.5. The first kappa shape index (κ1) is 18.5. The van der Waals surface area contributed by atoms with Crippen LogP contribution in [0.15, 0.2) is 36.4 Å². The van der Waals surface area contributed by atoms with E-state index in [1.54, 1.807) is 4.90 Å². The van der Waals surface area contributed by atoms with Crippen LogP contribution in [0.4, 0.5) is 10.6 Å². The first-order chi connectivity index (χ1) is 12.6. The van der Waals surface area contributed by atoms with Gasteiger partial charge in [0.1, 0.15) is 12.4 Å². The van der Waals surface area contributed by atoms with Gasteiger partial charge in [-0.1, -0.05) is 30.3 Å². The van der Waals surface area contributed by atoms with E-state index in [-0.39, 0.29) is 11.4 Å². The normalized spacial score (nSPS) is 14.9. The Morgan fingerprint density at radius 1 is 1.27 bits per heavy atom. The SMILES string of the molecule is Cc1cc(NCC2CCN(C(=O)OCc3ccccc3)CC2)nc(Cl)n1. The minimum atomic E-state index is -0.238. The molecule has 138 valence electrons. The van der Waals surface area contributed by atoms with Crippen molar-refractivity contribution in [2.24, 2.45) is 5.92 Å². The van der Waals surface area contributed by atoms with E-state index in [1.807, 2.05) is 43.3 Å². The van der Waals surface area contributed by atoms with Crippen LogP contribution in [-0.2, 0) is 11.3 Å². The molecule has 1 fully saturated rings. The fourth-order valence-electron chi connectivity index (χ4n) is 3.00. The van der Waals surface area contributed by atoms with Crippen molar-refractivity contribution in [2.75, 3.05) is 25.0 Å². The third kappa shape index (κ3) is 5.33. The average molecular weight is 375 g/mol. The number of hydrogen-bond acceptors (Lipinski definition) is 5. The first-order valence-electron chi connectivity index (χ1n) is 8.81. The van der Waals surface area contributed by atoms with Crippen molar-refractivity contribution >= 4 is 23.5 Å². The number of halogens is 1. The number of likely N-dealkylation sites (tertiary alicyclic amines) is 1. The summed E-state index contributed by atoms with van der Waals surface area (Å²) in [5.41, 5.74) is 1.84. The molecule has 0 spiro atoms. The topological polar surface area (TPSA) is 67.4 Å². The van der Waals surface area contributed by atoms with Crippen molar-refractivity contribution < 1.29 is 9.53 Å². The summed E-state index contributed by atoms with van der Waals surface area (Å²) in [6, 6.07) is 11.6. The number of anilines is 1. The zero-order chi connectivity index (χ0) is 18.4. The van der Waals surface area contributed by atoms with Crippen LogP contribution in [0.25, 0.3) is 0 Å². The van der Waals surface area contributed by atoms with Gasteiger partial charge in [-0.3, -0.25) is 0 Å². The molecule has 26 heavy (non-hydrogen) atoms. The zero-order valence-corrected chi connectivity index (χ0v) is 15.6. The van der Waals surface area contributed by atoms with Gasteiger partial charge in [-0.25, -0.2) is 14.8 Å². The Balaban J connectivity index is 1.40. The van der Waals surface area contributed by atoms with E-state index >= 15 is 0 Å². The smallest absolute Gasteiger partial charge is 0.410 e. The summed E-state index contributed by atoms with van der Waals surface area (Å²) in [6.07, 6.45) is 1.63. The van der Waals surface area contributed by atoms with Gasteiger partial charge >= 0.3 is 6.09 Å². The molecule has 6 nitrogen and oxygen atoms in total. The lowest BCUT2D eigenvalue weighted by atomic mass is 9.97. The van der Waals surface area contributed by atoms with Crippen LogP contribution in [0.5, 0.6) is 0 Å². The van der Waals surface area contributed by atoms with Crippen LogP contribution < -0.4 is 5.32 Å². The van der Waals surface area contributed by atoms with Gasteiger partial charge in [-0.15, -0.1) is 0 Å². The van der Waals surface area contributed by atoms with E-state index in [9.17, 15) is 4.79 Å². The number of benzene rings is 1. The van der Waals surface area contributed by atoms with E-state index in [2.05, 4.69) is 15.3 Å². The maximum atomic E-state index is 12.2. The van der Waals surface area contributed by atoms with Crippen LogP contribution in [0.1, 0.15) is 24.1 Å². The molecule has 7 heteroatoms. The van der Waals surface area contributed by atoms with Gasteiger partial charge in [0.05, 0.1) is 0 Å². The monoisotopic (exact) mass is 374 g/mol. The van der Waals surface area contributed by atoms with Crippen LogP contribution >= 0.6 is 11.6 Å². The molecule has 1 N–H and O–H groups in total. The number of piperidine rings is 1. The second-order valence-electron chi connectivity index (χ2n) is 6.52. The molecule has 1 saturated heterocycles. The zero-order valence-electron chi connectivity index (χ0n) is 14.8. The highest BCUT2D eigenvalue weighted by Crippen LogP contribution is 2.19. The van der Waals surface area contributed by atoms with Crippen molar-refractivity contribution in [3.63, 3.8) is 0 Å². The quantitative estimate of drug-likeness (QED) is 0.804. The molecule has 0 atom stereocenters. The Morgan fingerprint density at radius 3 is 2.69 bits per heavy atom. The fourth-order valence-corrected chi connectivity index (χ4v) is 3.23. The Kier molecular flexibility index (Phi) is 6.28. The summed E-state index contributed by atoms with van der Waals surface area (Å²) in [5, 5.41) is 3.57. The van der Waals surface area contributed by atoms with Crippen molar-refractivity contribution in [1.82, 2.24) is 14.9 Å². The number of carbonyl (C=O) groups excluding carboxylic acids is 1. The average Bonchev–Trinajstić information content (AvgIpc) is 2.65. The lowest BCUT2D eigenvalue weighted by molar-refractivity contribution is 0.0832. The summed E-state index contributed by atoms with van der Waals surface area (Å²) >= 11 is 5.88. The van der Waals surface area contributed by atoms with Crippen molar-refractivity contribution in [3.05, 3.63) is 52.9 Å². The highest BCUT2D eigenvalue weighted by Gasteiger charge is 2.23. The first-order valence-corrected chi connectivity index (χ1v) is 9.18. The van der Waals surface area contributed by atoms with Crippen LogP contribution in [-0.4, -0.2) is 40.6 Å². The Labute approximate surface area is 158 Å². The third-order valence-electron chi connectivity index (χ3n) is 4.48. The molecule has 3 rings (SSSR count). The minimum absolute atomic E-state index is 0.238. The molecule has 0 unspecified atom stereocenters. The number of rotatable bonds is 5. The van der Waals surface area contributed by atoms with Gasteiger partial charge in [-0.2, -0.15) is 0 Å². The minimum Gasteiger partial charge on any atom is -0.445 e. The van der Waals surface area contributed by atoms with Gasteiger partial charge < -0.3 is 15.0 Å². The molecule has 1 aliphatic heterocycles. The van der Waals surface area contributed by atoms with E-state index in [4.69, 9.17) is 16.3 Å². The standard InChI is InChI=1S/C19H23ClN4O2/c1-14-11-17(23-18(20)22-14)21-12-15-7-9-24(10-8-15)19(25)26-13-16-5-3-2-4-6-16/h2-6,11,15H,7-10,12-13H2,1H3,(H,21,22,23). The van der Waals surface area contributed by atoms with E-state index in [0.717, 1.165) is 36.5 Å². The van der Waals surface area contributed by atoms with E-state index < -0.39 is 0 Å². The number of carbonyl (C=O) groups is 1. The summed E-state index contributed by atoms with van der Waals surface area (Å²) in [6.45, 7) is 4.43. The largest absolute Gasteiger partial charge is 0.445 e. The van der Waals surface area contributed by atoms with E-state index in [0.29, 0.717) is 25.6 Å². The number of aryl methyl sites for hydroxylation is 1. The number of nitrogens with zero attached hydrogens (tertiary/aromatic N) is 3. The number of nitrogens with one attached hydrogen (secondary N) is 1. The number of ether oxygens (including phenoxy) is 1. The van der Waals surface area contributed by atoms with Crippen molar-refractivity contribution in [3.8, 4) is 0 Å². The van der Waals surface area contributed by atoms with E-state index in [1.165, 1.54) is 0 Å². The van der Waals surface area contributed by atoms with Crippen LogP contribution in [0, 0.1) is 12.8 Å². The molecule has 2 aromatic rings. The molecular formula is C19H23ClN4O2. The number of aromatic nitrogens is 2. The molecule has 1 amide bonds. The van der Waals surface area contributed by atoms with Gasteiger partial charge in [-0.05, 0) is 42.8 Å². The summed E-state index contributed by atoms with van der Waals surface area (Å²) < 4.78 is 5.40. The Bertz CT molecular complexity index is 713. The summed E-state index contributed by atoms with van der Waals surface area (Å²) in [5.74, 6) is 1.23. The summed E-state index contributed by atoms with van der Waals surface area (Å²) in [4.78, 5) is 22.2. The predicted octanol–water partition coefficient (Wildman–Crippen LogP) is 3.90. The Morgan fingerprint density at radius 2 is 2.00 bits per heavy atom. The summed E-state index contributed by atoms with van der Waals surface area (Å²) in [7, 11) is 0. The lowest BCUT2D eigenvalue weighted by Crippen LogP contribution is -2.40. The van der Waals surface area contributed by atoms with Crippen molar-refractivity contribution in [2.45, 2.75) is 26.4 Å². The van der Waals surface area contributed by atoms with Gasteiger partial charge in [0.15, 0.2) is 0 Å². The van der Waals surface area contributed by atoms with Crippen LogP contribution in [0.2, 0.25) is 5.28 Å². The van der Waals surface area contributed by atoms with Gasteiger partial charge in [0.2, 0.25) is 5.28 Å². The molecule has 1 aromatic carbocycles. The molecule has 0 saturated carbocycles. The second kappa shape index (κ2) is 8.85. The molecule has 2 heterocycles. The fraction of sp³-hybridized carbons (Fsp3) is 0.421. The maximum Gasteiger partial charge on any atom is 0.410 e. The molecular weight excluding hydrogens is 352 g/mol. The predicted molar refractivity (Wildman–Crippen MR) is 101 cm³/mol. The Hall–Kier alpha value is -2.34. The highest BCUT2D eigenvalue weighted by molar-refractivity contribution is 6.28. The molecule has 0 bridgehead atoms. The molecule has 1 aliphatic rings. The van der Waals surface area contributed by atoms with Gasteiger partial charge in [0.25, 0.3) is 0 Å². The van der Waals surface area contributed by atoms with Gasteiger partial charge in [0, 0.05) is 31.4 Å².